The summed E-state index contributed by atoms with van der Waals surface area (Å²) in [4.78, 5) is 0. The smallest absolute Gasteiger partial charge is 0.0697 e. The first-order valence-corrected chi connectivity index (χ1v) is 7.47. The van der Waals surface area contributed by atoms with Crippen molar-refractivity contribution in [2.45, 2.75) is 89.3 Å². The lowest BCUT2D eigenvalue weighted by atomic mass is 9.87. The fourth-order valence-electron chi connectivity index (χ4n) is 3.77. The molecule has 1 saturated heterocycles. The Kier molecular flexibility index (Phi) is 4.14. The maximum absolute atomic E-state index is 6.09. The van der Waals surface area contributed by atoms with Gasteiger partial charge in [0.15, 0.2) is 0 Å². The van der Waals surface area contributed by atoms with Crippen LogP contribution in [0.25, 0.3) is 0 Å². The minimum absolute atomic E-state index is 0.248. The summed E-state index contributed by atoms with van der Waals surface area (Å²) in [5.41, 5.74) is 0.536. The number of hydrogen-bond acceptors (Lipinski definition) is 2. The van der Waals surface area contributed by atoms with Crippen molar-refractivity contribution in [1.29, 1.82) is 0 Å². The van der Waals surface area contributed by atoms with Gasteiger partial charge in [-0.15, -0.1) is 0 Å². The highest BCUT2D eigenvalue weighted by Gasteiger charge is 2.40. The van der Waals surface area contributed by atoms with Crippen LogP contribution in [0.5, 0.6) is 0 Å². The van der Waals surface area contributed by atoms with Crippen LogP contribution in [0.15, 0.2) is 0 Å². The molecule has 2 nitrogen and oxygen atoms in total. The summed E-state index contributed by atoms with van der Waals surface area (Å²) in [5.74, 6) is 0. The third-order valence-electron chi connectivity index (χ3n) is 4.48. The average molecular weight is 239 g/mol. The summed E-state index contributed by atoms with van der Waals surface area (Å²) >= 11 is 0. The highest BCUT2D eigenvalue weighted by atomic mass is 16.5. The van der Waals surface area contributed by atoms with Gasteiger partial charge in [-0.2, -0.15) is 0 Å². The van der Waals surface area contributed by atoms with Gasteiger partial charge in [-0.3, -0.25) is 0 Å². The Labute approximate surface area is 107 Å². The van der Waals surface area contributed by atoms with Gasteiger partial charge >= 0.3 is 0 Å². The molecule has 0 radical (unpaired) electrons. The van der Waals surface area contributed by atoms with Crippen molar-refractivity contribution in [2.24, 2.45) is 0 Å². The van der Waals surface area contributed by atoms with Gasteiger partial charge in [0.25, 0.3) is 0 Å². The Morgan fingerprint density at radius 1 is 1.29 bits per heavy atom. The Morgan fingerprint density at radius 2 is 2.00 bits per heavy atom. The standard InChI is InChI=1S/C15H29NO/c1-4-8-14(2,3)16-13-7-11-17-15(12-13)9-5-6-10-15/h13,16H,4-12H2,1-3H3. The van der Waals surface area contributed by atoms with Crippen molar-refractivity contribution >= 4 is 0 Å². The van der Waals surface area contributed by atoms with Crippen molar-refractivity contribution in [3.63, 3.8) is 0 Å². The molecule has 1 saturated carbocycles. The molecule has 1 N–H and O–H groups in total. The van der Waals surface area contributed by atoms with Gasteiger partial charge in [0, 0.05) is 18.2 Å². The molecule has 0 aromatic rings. The Morgan fingerprint density at radius 3 is 2.65 bits per heavy atom. The normalized spacial score (nSPS) is 28.8. The molecular weight excluding hydrogens is 210 g/mol. The van der Waals surface area contributed by atoms with Crippen molar-refractivity contribution in [3.05, 3.63) is 0 Å². The van der Waals surface area contributed by atoms with Crippen LogP contribution >= 0.6 is 0 Å². The molecule has 1 aliphatic heterocycles. The zero-order valence-electron chi connectivity index (χ0n) is 11.8. The van der Waals surface area contributed by atoms with E-state index in [1.165, 1.54) is 51.4 Å². The Hall–Kier alpha value is -0.0800. The molecule has 17 heavy (non-hydrogen) atoms. The highest BCUT2D eigenvalue weighted by Crippen LogP contribution is 2.40. The molecule has 0 bridgehead atoms. The van der Waals surface area contributed by atoms with Crippen LogP contribution in [-0.4, -0.2) is 23.8 Å². The van der Waals surface area contributed by atoms with Crippen molar-refractivity contribution in [2.75, 3.05) is 6.61 Å². The van der Waals surface area contributed by atoms with E-state index in [1.807, 2.05) is 0 Å². The third-order valence-corrected chi connectivity index (χ3v) is 4.48. The van der Waals surface area contributed by atoms with Crippen LogP contribution in [0.1, 0.15) is 72.1 Å². The van der Waals surface area contributed by atoms with Crippen molar-refractivity contribution in [3.8, 4) is 0 Å². The maximum atomic E-state index is 6.09. The van der Waals surface area contributed by atoms with Gasteiger partial charge < -0.3 is 10.1 Å². The van der Waals surface area contributed by atoms with Gasteiger partial charge in [-0.25, -0.2) is 0 Å². The number of ether oxygens (including phenoxy) is 1. The monoisotopic (exact) mass is 239 g/mol. The van der Waals surface area contributed by atoms with Gasteiger partial charge in [-0.1, -0.05) is 26.2 Å². The van der Waals surface area contributed by atoms with Crippen molar-refractivity contribution < 1.29 is 4.74 Å². The zero-order chi connectivity index (χ0) is 12.4. The molecule has 2 aliphatic rings. The molecule has 1 heterocycles. The summed E-state index contributed by atoms with van der Waals surface area (Å²) < 4.78 is 6.09. The van der Waals surface area contributed by atoms with Gasteiger partial charge in [0.05, 0.1) is 5.60 Å². The first-order chi connectivity index (χ1) is 8.05. The average Bonchev–Trinajstić information content (AvgIpc) is 2.65. The number of nitrogens with one attached hydrogen (secondary N) is 1. The fourth-order valence-corrected chi connectivity index (χ4v) is 3.77. The van der Waals surface area contributed by atoms with Crippen LogP contribution in [-0.2, 0) is 4.74 Å². The van der Waals surface area contributed by atoms with Crippen LogP contribution in [0.2, 0.25) is 0 Å². The quantitative estimate of drug-likeness (QED) is 0.808. The first-order valence-electron chi connectivity index (χ1n) is 7.47. The molecule has 1 atom stereocenters. The molecule has 100 valence electrons. The van der Waals surface area contributed by atoms with E-state index in [1.54, 1.807) is 0 Å². The molecule has 0 aromatic heterocycles. The lowest BCUT2D eigenvalue weighted by Crippen LogP contribution is -2.52. The molecule has 1 aliphatic carbocycles. The minimum atomic E-state index is 0.248. The molecule has 0 amide bonds. The summed E-state index contributed by atoms with van der Waals surface area (Å²) in [6.45, 7) is 7.91. The van der Waals surface area contributed by atoms with Crippen LogP contribution < -0.4 is 5.32 Å². The van der Waals surface area contributed by atoms with Crippen LogP contribution in [0, 0.1) is 0 Å². The van der Waals surface area contributed by atoms with E-state index in [-0.39, 0.29) is 11.1 Å². The third kappa shape index (κ3) is 3.45. The van der Waals surface area contributed by atoms with Crippen LogP contribution in [0.3, 0.4) is 0 Å². The van der Waals surface area contributed by atoms with E-state index in [2.05, 4.69) is 26.1 Å². The van der Waals surface area contributed by atoms with Crippen molar-refractivity contribution in [1.82, 2.24) is 5.32 Å². The Balaban J connectivity index is 1.89. The predicted molar refractivity (Wildman–Crippen MR) is 72.3 cm³/mol. The molecule has 1 spiro atoms. The van der Waals surface area contributed by atoms with E-state index in [4.69, 9.17) is 4.74 Å². The number of hydrogen-bond donors (Lipinski definition) is 1. The minimum Gasteiger partial charge on any atom is -0.375 e. The first kappa shape index (κ1) is 13.4. The summed E-state index contributed by atoms with van der Waals surface area (Å²) in [6.07, 6.45) is 10.3. The van der Waals surface area contributed by atoms with Gasteiger partial charge in [-0.05, 0) is 46.0 Å². The van der Waals surface area contributed by atoms with E-state index in [0.717, 1.165) is 6.61 Å². The van der Waals surface area contributed by atoms with E-state index in [9.17, 15) is 0 Å². The second kappa shape index (κ2) is 5.27. The van der Waals surface area contributed by atoms with E-state index >= 15 is 0 Å². The molecule has 2 rings (SSSR count). The van der Waals surface area contributed by atoms with Gasteiger partial charge in [0.2, 0.25) is 0 Å². The van der Waals surface area contributed by atoms with E-state index in [0.29, 0.717) is 6.04 Å². The molecule has 2 fully saturated rings. The van der Waals surface area contributed by atoms with Crippen LogP contribution in [0.4, 0.5) is 0 Å². The SMILES string of the molecule is CCCC(C)(C)NC1CCOC2(CCCC2)C1. The summed E-state index contributed by atoms with van der Waals surface area (Å²) in [5, 5.41) is 3.87. The molecular formula is C15H29NO. The molecule has 0 aromatic carbocycles. The Bertz CT molecular complexity index is 243. The zero-order valence-corrected chi connectivity index (χ0v) is 11.8. The number of rotatable bonds is 4. The largest absolute Gasteiger partial charge is 0.375 e. The fraction of sp³-hybridized carbons (Fsp3) is 1.00. The molecule has 1 unspecified atom stereocenters. The molecule has 2 heteroatoms. The maximum Gasteiger partial charge on any atom is 0.0697 e. The highest BCUT2D eigenvalue weighted by molar-refractivity contribution is 4.95. The summed E-state index contributed by atoms with van der Waals surface area (Å²) in [6, 6.07) is 0.670. The van der Waals surface area contributed by atoms with Gasteiger partial charge in [0.1, 0.15) is 0 Å². The summed E-state index contributed by atoms with van der Waals surface area (Å²) in [7, 11) is 0. The second-order valence-electron chi connectivity index (χ2n) is 6.71. The van der Waals surface area contributed by atoms with E-state index < -0.39 is 0 Å². The predicted octanol–water partition coefficient (Wildman–Crippen LogP) is 3.65. The second-order valence-corrected chi connectivity index (χ2v) is 6.71. The lowest BCUT2D eigenvalue weighted by molar-refractivity contribution is -0.0864. The topological polar surface area (TPSA) is 21.3 Å². The lowest BCUT2D eigenvalue weighted by Gasteiger charge is -2.42.